The van der Waals surface area contributed by atoms with E-state index in [1.54, 1.807) is 0 Å². The van der Waals surface area contributed by atoms with E-state index in [9.17, 15) is 22.8 Å². The van der Waals surface area contributed by atoms with Gasteiger partial charge in [0.05, 0.1) is 0 Å². The number of carboxylic acid groups (broad SMARTS) is 1. The maximum Gasteiger partial charge on any atom is 0.452 e. The summed E-state index contributed by atoms with van der Waals surface area (Å²) in [6.07, 6.45) is -4.85. The van der Waals surface area contributed by atoms with Crippen LogP contribution < -0.4 is 5.32 Å². The summed E-state index contributed by atoms with van der Waals surface area (Å²) in [6.45, 7) is 2.62. The van der Waals surface area contributed by atoms with Crippen LogP contribution in [-0.2, 0) is 11.0 Å². The minimum absolute atomic E-state index is 0.0270. The van der Waals surface area contributed by atoms with Gasteiger partial charge < -0.3 is 14.8 Å². The highest BCUT2D eigenvalue weighted by molar-refractivity contribution is 5.95. The average molecular weight is 280 g/mol. The summed E-state index contributed by atoms with van der Waals surface area (Å²) < 4.78 is 42.0. The van der Waals surface area contributed by atoms with Gasteiger partial charge in [-0.15, -0.1) is 0 Å². The highest BCUT2D eigenvalue weighted by Crippen LogP contribution is 2.32. The first-order valence-corrected chi connectivity index (χ1v) is 5.25. The molecule has 0 saturated carbocycles. The lowest BCUT2D eigenvalue weighted by Crippen LogP contribution is -2.41. The molecule has 6 nitrogen and oxygen atoms in total. The molecule has 1 rings (SSSR count). The molecule has 0 radical (unpaired) electrons. The Hall–Kier alpha value is -2.06. The Morgan fingerprint density at radius 1 is 1.47 bits per heavy atom. The van der Waals surface area contributed by atoms with Crippen molar-refractivity contribution < 1.29 is 32.3 Å². The van der Waals surface area contributed by atoms with Gasteiger partial charge >= 0.3 is 12.1 Å². The number of aromatic nitrogens is 1. The quantitative estimate of drug-likeness (QED) is 0.873. The van der Waals surface area contributed by atoms with Crippen LogP contribution in [0.15, 0.2) is 4.42 Å². The summed E-state index contributed by atoms with van der Waals surface area (Å²) in [4.78, 5) is 25.6. The Labute approximate surface area is 105 Å². The molecule has 1 amide bonds. The monoisotopic (exact) mass is 280 g/mol. The molecule has 0 aliphatic carbocycles. The average Bonchev–Trinajstić information content (AvgIpc) is 2.67. The van der Waals surface area contributed by atoms with Crippen molar-refractivity contribution in [1.82, 2.24) is 10.3 Å². The fraction of sp³-hybridized carbons (Fsp3) is 0.500. The lowest BCUT2D eigenvalue weighted by molar-refractivity contribution is -0.153. The summed E-state index contributed by atoms with van der Waals surface area (Å²) in [6, 6.07) is -1.29. The lowest BCUT2D eigenvalue weighted by atomic mass is 10.2. The first-order valence-electron chi connectivity index (χ1n) is 5.25. The minimum atomic E-state index is -4.88. The van der Waals surface area contributed by atoms with Crippen LogP contribution in [0.5, 0.6) is 0 Å². The van der Waals surface area contributed by atoms with Crippen molar-refractivity contribution in [1.29, 1.82) is 0 Å². The standard InChI is InChI=1S/C10H11F3N2O4/c1-3-5(9(17)18)15-8(16)6-7(10(11,12)13)19-4(2)14-6/h5H,3H2,1-2H3,(H,15,16)(H,17,18). The number of aliphatic carboxylic acids is 1. The summed E-state index contributed by atoms with van der Waals surface area (Å²) in [5.41, 5.74) is -0.968. The van der Waals surface area contributed by atoms with Crippen LogP contribution in [0.3, 0.4) is 0 Å². The van der Waals surface area contributed by atoms with E-state index in [-0.39, 0.29) is 12.3 Å². The Balaban J connectivity index is 3.03. The van der Waals surface area contributed by atoms with Crippen molar-refractivity contribution in [3.63, 3.8) is 0 Å². The largest absolute Gasteiger partial charge is 0.480 e. The molecule has 0 aromatic carbocycles. The number of carbonyl (C=O) groups is 2. The highest BCUT2D eigenvalue weighted by Gasteiger charge is 2.41. The molecule has 1 aromatic rings. The molecular weight excluding hydrogens is 269 g/mol. The van der Waals surface area contributed by atoms with Crippen LogP contribution in [0, 0.1) is 6.92 Å². The Kier molecular flexibility index (Phi) is 4.17. The number of rotatable bonds is 4. The van der Waals surface area contributed by atoms with Crippen molar-refractivity contribution in [2.75, 3.05) is 0 Å². The first-order chi connectivity index (χ1) is 8.66. The number of carbonyl (C=O) groups excluding carboxylic acids is 1. The van der Waals surface area contributed by atoms with Gasteiger partial charge in [0.15, 0.2) is 11.6 Å². The molecule has 9 heteroatoms. The fourth-order valence-corrected chi connectivity index (χ4v) is 1.34. The first kappa shape index (κ1) is 15.0. The summed E-state index contributed by atoms with van der Waals surface area (Å²) in [5.74, 6) is -4.45. The van der Waals surface area contributed by atoms with Gasteiger partial charge in [0.25, 0.3) is 5.91 Å². The molecule has 0 aliphatic heterocycles. The number of amides is 1. The Bertz CT molecular complexity index is 495. The molecule has 0 fully saturated rings. The number of carboxylic acids is 1. The molecule has 0 spiro atoms. The molecule has 1 aromatic heterocycles. The maximum atomic E-state index is 12.6. The zero-order valence-corrected chi connectivity index (χ0v) is 10.0. The van der Waals surface area contributed by atoms with E-state index in [2.05, 4.69) is 9.40 Å². The predicted molar refractivity (Wildman–Crippen MR) is 55.4 cm³/mol. The van der Waals surface area contributed by atoms with Gasteiger partial charge in [-0.1, -0.05) is 6.92 Å². The van der Waals surface area contributed by atoms with Crippen molar-refractivity contribution in [3.8, 4) is 0 Å². The van der Waals surface area contributed by atoms with Crippen LogP contribution in [-0.4, -0.2) is 28.0 Å². The zero-order valence-electron chi connectivity index (χ0n) is 10.0. The van der Waals surface area contributed by atoms with Crippen molar-refractivity contribution >= 4 is 11.9 Å². The van der Waals surface area contributed by atoms with E-state index in [1.807, 2.05) is 5.32 Å². The number of hydrogen-bond acceptors (Lipinski definition) is 4. The number of hydrogen-bond donors (Lipinski definition) is 2. The van der Waals surface area contributed by atoms with E-state index in [0.717, 1.165) is 6.92 Å². The topological polar surface area (TPSA) is 92.4 Å². The normalized spacial score (nSPS) is 13.1. The Morgan fingerprint density at radius 3 is 2.47 bits per heavy atom. The zero-order chi connectivity index (χ0) is 14.8. The number of nitrogens with one attached hydrogen (secondary N) is 1. The molecule has 19 heavy (non-hydrogen) atoms. The van der Waals surface area contributed by atoms with Gasteiger partial charge in [0.2, 0.25) is 5.76 Å². The molecule has 1 atom stereocenters. The van der Waals surface area contributed by atoms with Crippen molar-refractivity contribution in [2.45, 2.75) is 32.5 Å². The van der Waals surface area contributed by atoms with Gasteiger partial charge in [-0.3, -0.25) is 4.79 Å². The van der Waals surface area contributed by atoms with Crippen LogP contribution >= 0.6 is 0 Å². The van der Waals surface area contributed by atoms with E-state index >= 15 is 0 Å². The molecule has 106 valence electrons. The van der Waals surface area contributed by atoms with E-state index < -0.39 is 35.5 Å². The maximum absolute atomic E-state index is 12.6. The van der Waals surface area contributed by atoms with Gasteiger partial charge in [0, 0.05) is 6.92 Å². The van der Waals surface area contributed by atoms with Crippen LogP contribution in [0.4, 0.5) is 13.2 Å². The second kappa shape index (κ2) is 5.29. The van der Waals surface area contributed by atoms with Gasteiger partial charge in [-0.25, -0.2) is 9.78 Å². The molecule has 1 heterocycles. The molecule has 0 saturated heterocycles. The van der Waals surface area contributed by atoms with Crippen LogP contribution in [0.2, 0.25) is 0 Å². The molecule has 1 unspecified atom stereocenters. The number of alkyl halides is 3. The number of oxazole rings is 1. The third-order valence-corrected chi connectivity index (χ3v) is 2.22. The smallest absolute Gasteiger partial charge is 0.452 e. The third kappa shape index (κ3) is 3.46. The SMILES string of the molecule is CCC(NC(=O)c1nc(C)oc1C(F)(F)F)C(=O)O. The highest BCUT2D eigenvalue weighted by atomic mass is 19.4. The van der Waals surface area contributed by atoms with Crippen molar-refractivity contribution in [2.24, 2.45) is 0 Å². The summed E-state index contributed by atoms with van der Waals surface area (Å²) >= 11 is 0. The minimum Gasteiger partial charge on any atom is -0.480 e. The van der Waals surface area contributed by atoms with E-state index in [0.29, 0.717) is 0 Å². The molecule has 0 bridgehead atoms. The predicted octanol–water partition coefficient (Wildman–Crippen LogP) is 1.59. The lowest BCUT2D eigenvalue weighted by Gasteiger charge is -2.11. The number of halogens is 3. The van der Waals surface area contributed by atoms with Crippen LogP contribution in [0.1, 0.15) is 35.5 Å². The summed E-state index contributed by atoms with van der Waals surface area (Å²) in [5, 5.41) is 10.7. The molecular formula is C10H11F3N2O4. The molecule has 0 aliphatic rings. The van der Waals surface area contributed by atoms with Gasteiger partial charge in [-0.2, -0.15) is 13.2 Å². The summed E-state index contributed by atoms with van der Waals surface area (Å²) in [7, 11) is 0. The third-order valence-electron chi connectivity index (χ3n) is 2.22. The Morgan fingerprint density at radius 2 is 2.05 bits per heavy atom. The van der Waals surface area contributed by atoms with E-state index in [1.165, 1.54) is 6.92 Å². The fourth-order valence-electron chi connectivity index (χ4n) is 1.34. The van der Waals surface area contributed by atoms with Gasteiger partial charge in [-0.05, 0) is 6.42 Å². The van der Waals surface area contributed by atoms with Gasteiger partial charge in [0.1, 0.15) is 6.04 Å². The second-order valence-electron chi connectivity index (χ2n) is 3.68. The number of aryl methyl sites for hydroxylation is 1. The molecule has 2 N–H and O–H groups in total. The second-order valence-corrected chi connectivity index (χ2v) is 3.68. The van der Waals surface area contributed by atoms with Crippen molar-refractivity contribution in [3.05, 3.63) is 17.3 Å². The van der Waals surface area contributed by atoms with E-state index in [4.69, 9.17) is 5.11 Å². The number of nitrogens with zero attached hydrogens (tertiary/aromatic N) is 1. The van der Waals surface area contributed by atoms with Crippen LogP contribution in [0.25, 0.3) is 0 Å².